The number of Topliss-reactive ketones (excluding diaryl/α,β-unsaturated/α-hetero) is 1. The first kappa shape index (κ1) is 32.4. The van der Waals surface area contributed by atoms with E-state index in [0.717, 1.165) is 27.8 Å². The fourth-order valence-corrected chi connectivity index (χ4v) is 9.13. The fraction of sp³-hybridized carbons (Fsp3) is 0.289. The minimum Gasteiger partial charge on any atom is -0.457 e. The number of ketones is 1. The fourth-order valence-electron chi connectivity index (χ4n) is 6.74. The minimum absolute atomic E-state index is 0.101. The molecule has 1 aliphatic carbocycles. The van der Waals surface area contributed by atoms with Gasteiger partial charge in [-0.15, -0.1) is 0 Å². The van der Waals surface area contributed by atoms with Gasteiger partial charge in [0, 0.05) is 24.2 Å². The van der Waals surface area contributed by atoms with Crippen molar-refractivity contribution in [2.45, 2.75) is 37.4 Å². The lowest BCUT2D eigenvalue weighted by Gasteiger charge is -2.38. The summed E-state index contributed by atoms with van der Waals surface area (Å²) < 4.78 is 25.5. The Hall–Kier alpha value is -4.52. The van der Waals surface area contributed by atoms with Crippen LogP contribution in [0.25, 0.3) is 11.1 Å². The van der Waals surface area contributed by atoms with E-state index in [0.29, 0.717) is 24.8 Å². The van der Waals surface area contributed by atoms with Crippen LogP contribution < -0.4 is 0 Å². The van der Waals surface area contributed by atoms with Crippen molar-refractivity contribution in [2.75, 3.05) is 25.9 Å². The lowest BCUT2D eigenvalue weighted by atomic mass is 9.98. The molecule has 0 spiro atoms. The molecule has 47 heavy (non-hydrogen) atoms. The third-order valence-electron chi connectivity index (χ3n) is 9.09. The number of likely N-dealkylation sites (tertiary alicyclic amines) is 1. The topological polar surface area (TPSA) is 110 Å². The summed E-state index contributed by atoms with van der Waals surface area (Å²) in [6.07, 6.45) is 0.790. The first-order valence-corrected chi connectivity index (χ1v) is 17.9. The molecule has 3 atom stereocenters. The Morgan fingerprint density at radius 2 is 1.38 bits per heavy atom. The lowest BCUT2D eigenvalue weighted by molar-refractivity contribution is -0.146. The molecule has 9 heteroatoms. The predicted molar refractivity (Wildman–Crippen MR) is 179 cm³/mol. The van der Waals surface area contributed by atoms with Crippen LogP contribution in [0.2, 0.25) is 0 Å². The van der Waals surface area contributed by atoms with Crippen LogP contribution in [0.1, 0.15) is 52.2 Å². The van der Waals surface area contributed by atoms with E-state index < -0.39 is 43.9 Å². The maximum Gasteiger partial charge on any atom is 0.410 e. The average Bonchev–Trinajstić information content (AvgIpc) is 3.43. The molecule has 4 aromatic carbocycles. The van der Waals surface area contributed by atoms with Crippen molar-refractivity contribution in [3.05, 3.63) is 131 Å². The minimum atomic E-state index is -4.15. The van der Waals surface area contributed by atoms with E-state index in [9.17, 15) is 23.8 Å². The number of carbonyl (C=O) groups is 3. The number of carbonyl (C=O) groups excluding carboxylic acids is 3. The Bertz CT molecular complexity index is 1730. The summed E-state index contributed by atoms with van der Waals surface area (Å²) >= 11 is 0. The number of amides is 1. The second-order valence-corrected chi connectivity index (χ2v) is 14.7. The molecular weight excluding hydrogens is 613 g/mol. The molecule has 1 saturated heterocycles. The highest BCUT2D eigenvalue weighted by Gasteiger charge is 2.43. The molecule has 1 aliphatic heterocycles. The number of benzene rings is 4. The molecule has 1 N–H and O–H groups in total. The van der Waals surface area contributed by atoms with Gasteiger partial charge in [-0.25, -0.2) is 4.79 Å². The van der Waals surface area contributed by atoms with Crippen LogP contribution in [0.5, 0.6) is 0 Å². The zero-order valence-corrected chi connectivity index (χ0v) is 27.0. The Kier molecular flexibility index (Phi) is 10.00. The predicted octanol–water partition coefficient (Wildman–Crippen LogP) is 7.30. The van der Waals surface area contributed by atoms with Gasteiger partial charge in [0.15, 0.2) is 12.4 Å². The van der Waals surface area contributed by atoms with E-state index in [1.165, 1.54) is 4.90 Å². The Balaban J connectivity index is 1.16. The highest BCUT2D eigenvalue weighted by molar-refractivity contribution is 7.58. The van der Waals surface area contributed by atoms with Gasteiger partial charge in [-0.3, -0.25) is 19.1 Å². The molecule has 6 rings (SSSR count). The molecular formula is C38H38NO7P. The van der Waals surface area contributed by atoms with E-state index in [-0.39, 0.29) is 31.3 Å². The van der Waals surface area contributed by atoms with Crippen LogP contribution in [0.4, 0.5) is 4.79 Å². The number of esters is 1. The molecule has 1 heterocycles. The van der Waals surface area contributed by atoms with Crippen molar-refractivity contribution in [3.8, 4) is 11.1 Å². The second kappa shape index (κ2) is 14.5. The summed E-state index contributed by atoms with van der Waals surface area (Å²) in [7, 11) is -4.15. The second-order valence-electron chi connectivity index (χ2n) is 12.2. The van der Waals surface area contributed by atoms with Gasteiger partial charge in [-0.05, 0) is 53.5 Å². The highest BCUT2D eigenvalue weighted by atomic mass is 31.2. The lowest BCUT2D eigenvalue weighted by Crippen LogP contribution is -2.45. The van der Waals surface area contributed by atoms with Crippen LogP contribution in [0.15, 0.2) is 109 Å². The summed E-state index contributed by atoms with van der Waals surface area (Å²) in [6.45, 7) is -0.0886. The van der Waals surface area contributed by atoms with Crippen LogP contribution in [-0.4, -0.2) is 59.3 Å². The normalized spacial score (nSPS) is 17.6. The molecule has 1 amide bonds. The molecule has 3 unspecified atom stereocenters. The molecule has 0 saturated carbocycles. The largest absolute Gasteiger partial charge is 0.457 e. The highest BCUT2D eigenvalue weighted by Crippen LogP contribution is 2.53. The van der Waals surface area contributed by atoms with Gasteiger partial charge in [0.1, 0.15) is 12.4 Å². The first-order chi connectivity index (χ1) is 22.8. The monoisotopic (exact) mass is 651 g/mol. The average molecular weight is 652 g/mol. The van der Waals surface area contributed by atoms with Crippen molar-refractivity contribution < 1.29 is 33.3 Å². The number of rotatable bonds is 11. The van der Waals surface area contributed by atoms with E-state index in [1.54, 1.807) is 30.3 Å². The van der Waals surface area contributed by atoms with Gasteiger partial charge in [-0.1, -0.05) is 109 Å². The summed E-state index contributed by atoms with van der Waals surface area (Å²) in [5.74, 6) is -3.22. The Labute approximate surface area is 274 Å². The first-order valence-electron chi connectivity index (χ1n) is 16.0. The van der Waals surface area contributed by atoms with Gasteiger partial charge in [0.05, 0.1) is 5.92 Å². The van der Waals surface area contributed by atoms with E-state index in [2.05, 4.69) is 12.1 Å². The van der Waals surface area contributed by atoms with Gasteiger partial charge in [0.25, 0.3) is 0 Å². The van der Waals surface area contributed by atoms with Gasteiger partial charge in [-0.2, -0.15) is 0 Å². The number of fused-ring (bicyclic) bond motifs is 3. The third-order valence-corrected chi connectivity index (χ3v) is 11.5. The van der Waals surface area contributed by atoms with Crippen molar-refractivity contribution in [3.63, 3.8) is 0 Å². The van der Waals surface area contributed by atoms with Crippen molar-refractivity contribution in [2.24, 2.45) is 5.92 Å². The van der Waals surface area contributed by atoms with Gasteiger partial charge >= 0.3 is 12.1 Å². The molecule has 0 aromatic heterocycles. The van der Waals surface area contributed by atoms with E-state index >= 15 is 0 Å². The van der Waals surface area contributed by atoms with E-state index in [1.807, 2.05) is 66.7 Å². The number of hydrogen-bond acceptors (Lipinski definition) is 6. The molecule has 2 aliphatic rings. The molecule has 242 valence electrons. The summed E-state index contributed by atoms with van der Waals surface area (Å²) in [5, 5.41) is 0. The van der Waals surface area contributed by atoms with Crippen molar-refractivity contribution >= 4 is 25.2 Å². The standard InChI is InChI=1S/C38H38NO7P/c40-35(28-15-5-2-6-16-28)25-45-37(41)29(23-27-13-3-1-4-14-27)26-47(43,44)36-21-11-12-22-39(36)38(42)46-24-34-32-19-9-7-17-30(32)31-18-8-10-20-33(31)34/h1-10,13-20,29,34,36H,11-12,21-26H2,(H,43,44). The molecule has 0 radical (unpaired) electrons. The Morgan fingerprint density at radius 3 is 2.04 bits per heavy atom. The summed E-state index contributed by atoms with van der Waals surface area (Å²) in [5.41, 5.74) is 5.59. The van der Waals surface area contributed by atoms with Crippen molar-refractivity contribution in [1.82, 2.24) is 4.90 Å². The molecule has 8 nitrogen and oxygen atoms in total. The Morgan fingerprint density at radius 1 is 0.787 bits per heavy atom. The molecule has 1 fully saturated rings. The zero-order valence-electron chi connectivity index (χ0n) is 26.1. The number of nitrogens with zero attached hydrogens (tertiary/aromatic N) is 1. The van der Waals surface area contributed by atoms with E-state index in [4.69, 9.17) is 9.47 Å². The molecule has 4 aromatic rings. The maximum absolute atomic E-state index is 14.2. The van der Waals surface area contributed by atoms with Crippen LogP contribution in [0.3, 0.4) is 0 Å². The van der Waals surface area contributed by atoms with Crippen molar-refractivity contribution in [1.29, 1.82) is 0 Å². The van der Waals surface area contributed by atoms with Gasteiger partial charge in [0.2, 0.25) is 7.37 Å². The van der Waals surface area contributed by atoms with Crippen LogP contribution >= 0.6 is 7.37 Å². The van der Waals surface area contributed by atoms with Crippen LogP contribution in [-0.2, 0) is 25.3 Å². The van der Waals surface area contributed by atoms with Crippen LogP contribution in [0, 0.1) is 5.92 Å². The smallest absolute Gasteiger partial charge is 0.410 e. The van der Waals surface area contributed by atoms with Gasteiger partial charge < -0.3 is 14.4 Å². The SMILES string of the molecule is O=C(COC(=O)C(Cc1ccccc1)CP(=O)(O)C1CCCCN1C(=O)OCC1c2ccccc2-c2ccccc21)c1ccccc1. The zero-order chi connectivity index (χ0) is 32.8. The summed E-state index contributed by atoms with van der Waals surface area (Å²) in [6, 6.07) is 33.8. The number of ether oxygens (including phenoxy) is 2. The summed E-state index contributed by atoms with van der Waals surface area (Å²) in [4.78, 5) is 52.6. The number of piperidine rings is 1. The maximum atomic E-state index is 14.2. The third kappa shape index (κ3) is 7.40. The number of hydrogen-bond donors (Lipinski definition) is 1. The molecule has 0 bridgehead atoms. The quantitative estimate of drug-likeness (QED) is 0.103.